The quantitative estimate of drug-likeness (QED) is 0.425. The Kier molecular flexibility index (Phi) is 9.85. The molecule has 0 unspecified atom stereocenters. The minimum absolute atomic E-state index is 0.0147. The van der Waals surface area contributed by atoms with Crippen molar-refractivity contribution < 1.29 is 12.8 Å². The van der Waals surface area contributed by atoms with Crippen molar-refractivity contribution in [3.63, 3.8) is 0 Å². The normalized spacial score (nSPS) is 12.5. The smallest absolute Gasteiger partial charge is 0.216 e. The Morgan fingerprint density at radius 3 is 2.00 bits per heavy atom. The highest BCUT2D eigenvalue weighted by Crippen LogP contribution is 2.21. The molecule has 0 N–H and O–H groups in total. The fraction of sp³-hybridized carbons (Fsp3) is 0.579. The Bertz CT molecular complexity index is 550. The second kappa shape index (κ2) is 11.4. The molecular weight excluding hydrogens is 311 g/mol. The third-order valence-electron chi connectivity index (χ3n) is 3.92. The van der Waals surface area contributed by atoms with Gasteiger partial charge in [0.1, 0.15) is 0 Å². The van der Waals surface area contributed by atoms with E-state index < -0.39 is 15.0 Å². The van der Waals surface area contributed by atoms with Crippen LogP contribution in [0.15, 0.2) is 46.5 Å². The lowest BCUT2D eigenvalue weighted by atomic mass is 10.1. The first kappa shape index (κ1) is 19.9. The van der Waals surface area contributed by atoms with E-state index in [0.717, 1.165) is 19.3 Å². The molecule has 4 heteroatoms. The minimum Gasteiger partial charge on any atom is -0.216 e. The molecule has 0 saturated carbocycles. The summed E-state index contributed by atoms with van der Waals surface area (Å²) < 4.78 is 37.8. The monoisotopic (exact) mass is 340 g/mol. The van der Waals surface area contributed by atoms with Gasteiger partial charge in [0.05, 0.1) is 4.90 Å². The predicted octanol–water partition coefficient (Wildman–Crippen LogP) is 6.19. The van der Waals surface area contributed by atoms with Gasteiger partial charge >= 0.3 is 0 Å². The molecule has 0 amide bonds. The van der Waals surface area contributed by atoms with Gasteiger partial charge in [-0.05, 0) is 31.1 Å². The first-order valence-corrected chi connectivity index (χ1v) is 10.2. The van der Waals surface area contributed by atoms with Crippen LogP contribution in [0.4, 0.5) is 4.39 Å². The van der Waals surface area contributed by atoms with Crippen LogP contribution in [0.1, 0.15) is 71.1 Å². The molecule has 0 radical (unpaired) electrons. The summed E-state index contributed by atoms with van der Waals surface area (Å²) >= 11 is 0. The molecule has 23 heavy (non-hydrogen) atoms. The maximum Gasteiger partial charge on any atom is 0.232 e. The van der Waals surface area contributed by atoms with Crippen molar-refractivity contribution in [2.45, 2.75) is 76.0 Å². The van der Waals surface area contributed by atoms with Crippen LogP contribution in [0, 0.1) is 0 Å². The number of rotatable bonds is 12. The van der Waals surface area contributed by atoms with Crippen molar-refractivity contribution in [1.29, 1.82) is 0 Å². The molecule has 0 aromatic heterocycles. The van der Waals surface area contributed by atoms with E-state index >= 15 is 0 Å². The van der Waals surface area contributed by atoms with Gasteiger partial charge in [0.25, 0.3) is 0 Å². The number of hydrogen-bond acceptors (Lipinski definition) is 2. The van der Waals surface area contributed by atoms with E-state index in [-0.39, 0.29) is 4.90 Å². The molecule has 0 atom stereocenters. The van der Waals surface area contributed by atoms with Gasteiger partial charge in [-0.15, -0.1) is 0 Å². The van der Waals surface area contributed by atoms with Crippen LogP contribution < -0.4 is 0 Å². The van der Waals surface area contributed by atoms with E-state index in [4.69, 9.17) is 0 Å². The summed E-state index contributed by atoms with van der Waals surface area (Å²) in [6.45, 7) is 2.21. The Morgan fingerprint density at radius 1 is 0.913 bits per heavy atom. The van der Waals surface area contributed by atoms with E-state index in [0.29, 0.717) is 6.42 Å². The van der Waals surface area contributed by atoms with E-state index in [1.807, 2.05) is 0 Å². The summed E-state index contributed by atoms with van der Waals surface area (Å²) in [6, 6.07) is 7.74. The van der Waals surface area contributed by atoms with Gasteiger partial charge in [-0.3, -0.25) is 0 Å². The fourth-order valence-corrected chi connectivity index (χ4v) is 3.57. The van der Waals surface area contributed by atoms with Crippen LogP contribution in [0.5, 0.6) is 0 Å². The lowest BCUT2D eigenvalue weighted by Crippen LogP contribution is -2.01. The summed E-state index contributed by atoms with van der Waals surface area (Å²) in [5, 5.41) is -1.02. The summed E-state index contributed by atoms with van der Waals surface area (Å²) in [7, 11) is -3.95. The third-order valence-corrected chi connectivity index (χ3v) is 5.50. The lowest BCUT2D eigenvalue weighted by Gasteiger charge is -2.02. The van der Waals surface area contributed by atoms with Crippen molar-refractivity contribution in [3.8, 4) is 0 Å². The second-order valence-corrected chi connectivity index (χ2v) is 7.81. The van der Waals surface area contributed by atoms with Crippen molar-refractivity contribution in [2.24, 2.45) is 0 Å². The zero-order chi connectivity index (χ0) is 17.0. The average Bonchev–Trinajstić information content (AvgIpc) is 2.57. The number of hydrogen-bond donors (Lipinski definition) is 0. The SMILES string of the molecule is CCCCCCCCCCC/C=C(/F)S(=O)(=O)c1ccccc1. The van der Waals surface area contributed by atoms with Crippen LogP contribution in [0.2, 0.25) is 0 Å². The summed E-state index contributed by atoms with van der Waals surface area (Å²) in [5.41, 5.74) is 0. The predicted molar refractivity (Wildman–Crippen MR) is 94.7 cm³/mol. The Hall–Kier alpha value is -1.16. The molecule has 1 rings (SSSR count). The van der Waals surface area contributed by atoms with Crippen LogP contribution in [0.3, 0.4) is 0 Å². The van der Waals surface area contributed by atoms with Crippen molar-refractivity contribution in [2.75, 3.05) is 0 Å². The molecule has 2 nitrogen and oxygen atoms in total. The highest BCUT2D eigenvalue weighted by atomic mass is 32.2. The zero-order valence-corrected chi connectivity index (χ0v) is 15.0. The van der Waals surface area contributed by atoms with E-state index in [2.05, 4.69) is 6.92 Å². The molecule has 0 aliphatic rings. The Labute approximate surface area is 140 Å². The standard InChI is InChI=1S/C19H29FO2S/c1-2-3-4-5-6-7-8-9-10-14-17-19(20)23(21,22)18-15-12-11-13-16-18/h11-13,15-17H,2-10,14H2,1H3/b19-17-. The summed E-state index contributed by atoms with van der Waals surface area (Å²) in [4.78, 5) is 0.0147. The molecule has 0 fully saturated rings. The topological polar surface area (TPSA) is 34.1 Å². The molecule has 0 aliphatic heterocycles. The molecule has 0 heterocycles. The van der Waals surface area contributed by atoms with Gasteiger partial charge < -0.3 is 0 Å². The number of unbranched alkanes of at least 4 members (excludes halogenated alkanes) is 9. The first-order chi connectivity index (χ1) is 11.1. The number of halogens is 1. The molecule has 0 saturated heterocycles. The van der Waals surface area contributed by atoms with E-state index in [1.54, 1.807) is 18.2 Å². The van der Waals surface area contributed by atoms with Crippen LogP contribution in [0.25, 0.3) is 0 Å². The van der Waals surface area contributed by atoms with Gasteiger partial charge in [-0.25, -0.2) is 8.42 Å². The Balaban J connectivity index is 2.22. The van der Waals surface area contributed by atoms with Gasteiger partial charge in [0.2, 0.25) is 15.0 Å². The summed E-state index contributed by atoms with van der Waals surface area (Å²) in [6.07, 6.45) is 12.4. The molecule has 0 aliphatic carbocycles. The van der Waals surface area contributed by atoms with E-state index in [9.17, 15) is 12.8 Å². The van der Waals surface area contributed by atoms with Gasteiger partial charge in [-0.1, -0.05) is 76.5 Å². The summed E-state index contributed by atoms with van der Waals surface area (Å²) in [5.74, 6) is 0. The number of allylic oxidation sites excluding steroid dienone is 1. The fourth-order valence-electron chi connectivity index (χ4n) is 2.49. The lowest BCUT2D eigenvalue weighted by molar-refractivity contribution is 0.562. The van der Waals surface area contributed by atoms with Gasteiger partial charge in [-0.2, -0.15) is 4.39 Å². The maximum absolute atomic E-state index is 13.9. The molecular formula is C19H29FO2S. The molecule has 1 aromatic carbocycles. The van der Waals surface area contributed by atoms with Crippen LogP contribution in [-0.2, 0) is 9.84 Å². The third kappa shape index (κ3) is 7.78. The average molecular weight is 341 g/mol. The van der Waals surface area contributed by atoms with Gasteiger partial charge in [0, 0.05) is 0 Å². The maximum atomic E-state index is 13.9. The van der Waals surface area contributed by atoms with Crippen LogP contribution >= 0.6 is 0 Å². The molecule has 0 spiro atoms. The molecule has 0 bridgehead atoms. The zero-order valence-electron chi connectivity index (χ0n) is 14.1. The van der Waals surface area contributed by atoms with Crippen molar-refractivity contribution >= 4 is 9.84 Å². The van der Waals surface area contributed by atoms with Crippen LogP contribution in [-0.4, -0.2) is 8.42 Å². The molecule has 130 valence electrons. The highest BCUT2D eigenvalue weighted by molar-refractivity contribution is 7.95. The van der Waals surface area contributed by atoms with Crippen molar-refractivity contribution in [3.05, 3.63) is 41.6 Å². The second-order valence-electron chi connectivity index (χ2n) is 5.94. The van der Waals surface area contributed by atoms with Crippen molar-refractivity contribution in [1.82, 2.24) is 0 Å². The highest BCUT2D eigenvalue weighted by Gasteiger charge is 2.19. The number of benzene rings is 1. The minimum atomic E-state index is -3.95. The molecule has 1 aromatic rings. The van der Waals surface area contributed by atoms with E-state index in [1.165, 1.54) is 56.7 Å². The Morgan fingerprint density at radius 2 is 1.43 bits per heavy atom. The number of sulfone groups is 1. The van der Waals surface area contributed by atoms with Gasteiger partial charge in [0.15, 0.2) is 0 Å². The largest absolute Gasteiger partial charge is 0.232 e. The first-order valence-electron chi connectivity index (χ1n) is 8.75.